The molecule has 0 spiro atoms. The van der Waals surface area contributed by atoms with Gasteiger partial charge < -0.3 is 20.5 Å². The highest BCUT2D eigenvalue weighted by atomic mass is 32.1. The van der Waals surface area contributed by atoms with E-state index in [2.05, 4.69) is 14.8 Å². The SMILES string of the molecule is COC(=O)c1cc(F)cc(CN)c1.COC(=O)c1cc(F)cc(CNC(C)=S)c1. The van der Waals surface area contributed by atoms with Gasteiger partial charge in [-0.15, -0.1) is 0 Å². The van der Waals surface area contributed by atoms with Gasteiger partial charge in [0.05, 0.1) is 30.3 Å². The number of halogens is 2. The highest BCUT2D eigenvalue weighted by Crippen LogP contribution is 2.11. The molecule has 0 saturated carbocycles. The van der Waals surface area contributed by atoms with Crippen molar-refractivity contribution in [2.75, 3.05) is 14.2 Å². The number of rotatable bonds is 5. The van der Waals surface area contributed by atoms with E-state index in [0.717, 1.165) is 12.1 Å². The van der Waals surface area contributed by atoms with E-state index in [1.54, 1.807) is 13.0 Å². The molecule has 0 saturated heterocycles. The zero-order valence-electron chi connectivity index (χ0n) is 16.3. The van der Waals surface area contributed by atoms with Crippen LogP contribution < -0.4 is 11.1 Å². The second-order valence-electron chi connectivity index (χ2n) is 5.79. The fourth-order valence-electron chi connectivity index (χ4n) is 2.22. The molecule has 0 radical (unpaired) electrons. The maximum Gasteiger partial charge on any atom is 0.337 e. The predicted molar refractivity (Wildman–Crippen MR) is 108 cm³/mol. The Morgan fingerprint density at radius 3 is 1.79 bits per heavy atom. The molecule has 2 aromatic carbocycles. The van der Waals surface area contributed by atoms with Crippen molar-refractivity contribution in [3.8, 4) is 0 Å². The average molecular weight is 424 g/mol. The number of methoxy groups -OCH3 is 2. The van der Waals surface area contributed by atoms with Gasteiger partial charge in [-0.2, -0.15) is 0 Å². The van der Waals surface area contributed by atoms with E-state index in [-0.39, 0.29) is 17.7 Å². The molecule has 29 heavy (non-hydrogen) atoms. The molecule has 6 nitrogen and oxygen atoms in total. The maximum absolute atomic E-state index is 13.2. The van der Waals surface area contributed by atoms with Crippen LogP contribution in [0.2, 0.25) is 0 Å². The van der Waals surface area contributed by atoms with E-state index in [9.17, 15) is 18.4 Å². The molecule has 0 amide bonds. The molecule has 0 heterocycles. The normalized spacial score (nSPS) is 9.72. The van der Waals surface area contributed by atoms with Gasteiger partial charge in [-0.1, -0.05) is 12.2 Å². The van der Waals surface area contributed by atoms with Gasteiger partial charge in [0, 0.05) is 13.1 Å². The van der Waals surface area contributed by atoms with Gasteiger partial charge in [-0.3, -0.25) is 0 Å². The van der Waals surface area contributed by atoms with Gasteiger partial charge in [-0.25, -0.2) is 18.4 Å². The summed E-state index contributed by atoms with van der Waals surface area (Å²) in [6, 6.07) is 7.96. The number of nitrogens with one attached hydrogen (secondary N) is 1. The molecule has 0 aliphatic rings. The van der Waals surface area contributed by atoms with Crippen LogP contribution in [0.3, 0.4) is 0 Å². The Balaban J connectivity index is 0.000000296. The Hall–Kier alpha value is -2.91. The van der Waals surface area contributed by atoms with Gasteiger partial charge >= 0.3 is 11.9 Å². The lowest BCUT2D eigenvalue weighted by Crippen LogP contribution is -2.17. The van der Waals surface area contributed by atoms with Crippen molar-refractivity contribution in [2.45, 2.75) is 20.0 Å². The first-order chi connectivity index (χ1) is 13.7. The highest BCUT2D eigenvalue weighted by molar-refractivity contribution is 7.80. The minimum atomic E-state index is -0.561. The summed E-state index contributed by atoms with van der Waals surface area (Å²) >= 11 is 4.84. The van der Waals surface area contributed by atoms with Crippen LogP contribution in [0.15, 0.2) is 36.4 Å². The van der Waals surface area contributed by atoms with Crippen molar-refractivity contribution in [1.29, 1.82) is 0 Å². The fourth-order valence-corrected chi connectivity index (χ4v) is 2.29. The summed E-state index contributed by atoms with van der Waals surface area (Å²) in [4.78, 5) is 22.8. The fraction of sp³-hybridized carbons (Fsp3) is 0.250. The van der Waals surface area contributed by atoms with Crippen molar-refractivity contribution in [3.63, 3.8) is 0 Å². The molecule has 0 fully saturated rings. The minimum Gasteiger partial charge on any atom is -0.465 e. The lowest BCUT2D eigenvalue weighted by Gasteiger charge is -2.06. The summed E-state index contributed by atoms with van der Waals surface area (Å²) in [5.74, 6) is -2.07. The summed E-state index contributed by atoms with van der Waals surface area (Å²) in [7, 11) is 2.50. The number of hydrogen-bond donors (Lipinski definition) is 2. The Morgan fingerprint density at radius 1 is 0.931 bits per heavy atom. The van der Waals surface area contributed by atoms with Gasteiger partial charge in [0.25, 0.3) is 0 Å². The first kappa shape index (κ1) is 24.1. The van der Waals surface area contributed by atoms with E-state index in [1.165, 1.54) is 32.4 Å². The van der Waals surface area contributed by atoms with Crippen molar-refractivity contribution in [3.05, 3.63) is 70.3 Å². The first-order valence-electron chi connectivity index (χ1n) is 8.40. The molecule has 0 atom stereocenters. The minimum absolute atomic E-state index is 0.183. The van der Waals surface area contributed by atoms with Crippen LogP contribution in [-0.2, 0) is 22.6 Å². The number of carbonyl (C=O) groups excluding carboxylic acids is 2. The van der Waals surface area contributed by atoms with Gasteiger partial charge in [0.2, 0.25) is 0 Å². The topological polar surface area (TPSA) is 90.7 Å². The second-order valence-corrected chi connectivity index (χ2v) is 6.41. The molecule has 0 unspecified atom stereocenters. The zero-order chi connectivity index (χ0) is 22.0. The summed E-state index contributed by atoms with van der Waals surface area (Å²) in [5.41, 5.74) is 6.90. The smallest absolute Gasteiger partial charge is 0.337 e. The number of nitrogens with two attached hydrogens (primary N) is 1. The third-order valence-corrected chi connectivity index (χ3v) is 3.68. The third kappa shape index (κ3) is 8.32. The van der Waals surface area contributed by atoms with Gasteiger partial charge in [0.1, 0.15) is 11.6 Å². The van der Waals surface area contributed by atoms with Crippen LogP contribution in [0, 0.1) is 11.6 Å². The lowest BCUT2D eigenvalue weighted by molar-refractivity contribution is 0.0591. The van der Waals surface area contributed by atoms with Crippen LogP contribution in [0.4, 0.5) is 8.78 Å². The molecule has 2 aromatic rings. The molecule has 2 rings (SSSR count). The maximum atomic E-state index is 13.2. The number of hydrogen-bond acceptors (Lipinski definition) is 6. The average Bonchev–Trinajstić information content (AvgIpc) is 2.70. The summed E-state index contributed by atoms with van der Waals surface area (Å²) in [6.45, 7) is 2.31. The standard InChI is InChI=1S/C11H12FNO2S.C9H10FNO2/c1-7(16)13-6-8-3-9(11(14)15-2)5-10(12)4-8;1-13-9(12)7-2-6(5-11)3-8(10)4-7/h3-5H,6H2,1-2H3,(H,13,16);2-4H,5,11H2,1H3. The van der Waals surface area contributed by atoms with Gasteiger partial charge in [-0.05, 0) is 54.4 Å². The molecule has 0 aromatic heterocycles. The number of carbonyl (C=O) groups is 2. The number of esters is 2. The predicted octanol–water partition coefficient (Wildman–Crippen LogP) is 3.12. The largest absolute Gasteiger partial charge is 0.465 e. The molecule has 9 heteroatoms. The lowest BCUT2D eigenvalue weighted by atomic mass is 10.1. The monoisotopic (exact) mass is 424 g/mol. The Labute approximate surface area is 173 Å². The summed E-state index contributed by atoms with van der Waals surface area (Å²) in [6.07, 6.45) is 0. The van der Waals surface area contributed by atoms with E-state index in [0.29, 0.717) is 22.7 Å². The number of ether oxygens (including phenoxy) is 2. The van der Waals surface area contributed by atoms with Crippen LogP contribution in [0.1, 0.15) is 38.8 Å². The quantitative estimate of drug-likeness (QED) is 0.563. The number of thiocarbonyl (C=S) groups is 1. The zero-order valence-corrected chi connectivity index (χ0v) is 17.1. The second kappa shape index (κ2) is 11.8. The van der Waals surface area contributed by atoms with E-state index in [1.807, 2.05) is 0 Å². The molecule has 0 aliphatic carbocycles. The molecule has 0 aliphatic heterocycles. The van der Waals surface area contributed by atoms with E-state index in [4.69, 9.17) is 18.0 Å². The third-order valence-electron chi connectivity index (χ3n) is 3.53. The molecule has 156 valence electrons. The van der Waals surface area contributed by atoms with Crippen molar-refractivity contribution >= 4 is 29.1 Å². The van der Waals surface area contributed by atoms with Crippen molar-refractivity contribution in [1.82, 2.24) is 5.32 Å². The van der Waals surface area contributed by atoms with Crippen molar-refractivity contribution < 1.29 is 27.8 Å². The van der Waals surface area contributed by atoms with Crippen LogP contribution in [0.25, 0.3) is 0 Å². The Bertz CT molecular complexity index is 891. The van der Waals surface area contributed by atoms with E-state index >= 15 is 0 Å². The number of benzene rings is 2. The Morgan fingerprint density at radius 2 is 1.38 bits per heavy atom. The van der Waals surface area contributed by atoms with Crippen molar-refractivity contribution in [2.24, 2.45) is 5.73 Å². The first-order valence-corrected chi connectivity index (χ1v) is 8.81. The summed E-state index contributed by atoms with van der Waals surface area (Å²) in [5, 5.41) is 2.89. The molecular formula is C20H22F2N2O4S. The summed E-state index contributed by atoms with van der Waals surface area (Å²) < 4.78 is 35.0. The highest BCUT2D eigenvalue weighted by Gasteiger charge is 2.09. The van der Waals surface area contributed by atoms with E-state index < -0.39 is 23.6 Å². The van der Waals surface area contributed by atoms with Crippen LogP contribution >= 0.6 is 12.2 Å². The molecular weight excluding hydrogens is 402 g/mol. The molecule has 3 N–H and O–H groups in total. The van der Waals surface area contributed by atoms with Gasteiger partial charge in [0.15, 0.2) is 0 Å². The van der Waals surface area contributed by atoms with Crippen LogP contribution in [0.5, 0.6) is 0 Å². The Kier molecular flexibility index (Phi) is 9.84. The molecule has 0 bridgehead atoms. The van der Waals surface area contributed by atoms with Crippen LogP contribution in [-0.4, -0.2) is 31.1 Å².